The topological polar surface area (TPSA) is 71.5 Å². The number of fused-ring (bicyclic) bond motifs is 1. The highest BCUT2D eigenvalue weighted by Crippen LogP contribution is 2.34. The Labute approximate surface area is 231 Å². The number of amides is 1. The Balaban J connectivity index is 0.00000134. The summed E-state index contributed by atoms with van der Waals surface area (Å²) in [5.74, 6) is 0.146. The molecule has 2 saturated carbocycles. The molecule has 4 atom stereocenters. The van der Waals surface area contributed by atoms with Gasteiger partial charge in [-0.1, -0.05) is 40.0 Å². The summed E-state index contributed by atoms with van der Waals surface area (Å²) >= 11 is 0. The highest BCUT2D eigenvalue weighted by Gasteiger charge is 2.37. The molecule has 0 bridgehead atoms. The first-order chi connectivity index (χ1) is 18.7. The molecule has 220 valence electrons. The lowest BCUT2D eigenvalue weighted by Crippen LogP contribution is -2.41. The number of carbonyl (C=O) groups is 2. The molecule has 1 amide bonds. The number of alkyl halides is 3. The van der Waals surface area contributed by atoms with E-state index >= 15 is 0 Å². The molecule has 0 spiro atoms. The van der Waals surface area contributed by atoms with Gasteiger partial charge in [0.15, 0.2) is 5.78 Å². The van der Waals surface area contributed by atoms with Crippen LogP contribution in [-0.4, -0.2) is 53.4 Å². The lowest BCUT2D eigenvalue weighted by atomic mass is 9.93. The maximum absolute atomic E-state index is 13.2. The van der Waals surface area contributed by atoms with Crippen molar-refractivity contribution in [3.05, 3.63) is 29.1 Å². The molecular formula is C30H46F3N3O3. The van der Waals surface area contributed by atoms with Crippen molar-refractivity contribution >= 4 is 11.7 Å². The zero-order valence-electron chi connectivity index (χ0n) is 23.8. The van der Waals surface area contributed by atoms with Crippen LogP contribution in [0.5, 0.6) is 0 Å². The molecule has 1 aromatic rings. The van der Waals surface area contributed by atoms with Gasteiger partial charge in [0.25, 0.3) is 0 Å². The van der Waals surface area contributed by atoms with E-state index in [9.17, 15) is 22.8 Å². The number of Topliss-reactive ketones (excluding diaryl/α,β-unsaturated/α-hetero) is 1. The van der Waals surface area contributed by atoms with Crippen molar-refractivity contribution < 1.29 is 27.5 Å². The van der Waals surface area contributed by atoms with Crippen molar-refractivity contribution in [2.45, 2.75) is 116 Å². The number of pyridine rings is 1. The highest BCUT2D eigenvalue weighted by atomic mass is 19.4. The summed E-state index contributed by atoms with van der Waals surface area (Å²) < 4.78 is 44.8. The van der Waals surface area contributed by atoms with Crippen LogP contribution in [0.25, 0.3) is 0 Å². The molecule has 4 rings (SSSR count). The smallest absolute Gasteiger partial charge is 0.374 e. The van der Waals surface area contributed by atoms with Crippen molar-refractivity contribution in [1.82, 2.24) is 15.2 Å². The van der Waals surface area contributed by atoms with Crippen LogP contribution < -0.4 is 5.32 Å². The minimum absolute atomic E-state index is 0.0318. The first-order valence-electron chi connectivity index (χ1n) is 14.9. The first-order valence-corrected chi connectivity index (χ1v) is 14.9. The maximum Gasteiger partial charge on any atom is 0.417 e. The number of rotatable bonds is 8. The molecule has 0 radical (unpaired) electrons. The van der Waals surface area contributed by atoms with Gasteiger partial charge in [0.1, 0.15) is 6.61 Å². The van der Waals surface area contributed by atoms with E-state index in [-0.39, 0.29) is 48.8 Å². The largest absolute Gasteiger partial charge is 0.417 e. The van der Waals surface area contributed by atoms with Crippen molar-refractivity contribution in [2.75, 3.05) is 19.8 Å². The number of nitrogens with one attached hydrogen (secondary N) is 1. The fraction of sp³-hybridized carbons (Fsp3) is 0.767. The molecule has 9 heteroatoms. The van der Waals surface area contributed by atoms with Crippen molar-refractivity contribution in [1.29, 1.82) is 0 Å². The minimum atomic E-state index is -4.44. The lowest BCUT2D eigenvalue weighted by Gasteiger charge is -2.31. The SMILES string of the molecule is CCC.CCCOCC(=O)C1CCCCC(NC2CCC(C(=O)N3CCc4ncc(C(F)(F)F)cc4C3)C2)C1. The van der Waals surface area contributed by atoms with Gasteiger partial charge < -0.3 is 15.0 Å². The van der Waals surface area contributed by atoms with Crippen molar-refractivity contribution in [3.63, 3.8) is 0 Å². The zero-order chi connectivity index (χ0) is 28.4. The number of aromatic nitrogens is 1. The summed E-state index contributed by atoms with van der Waals surface area (Å²) in [4.78, 5) is 31.6. The molecule has 4 unspecified atom stereocenters. The maximum atomic E-state index is 13.2. The number of halogens is 3. The molecule has 2 aliphatic carbocycles. The van der Waals surface area contributed by atoms with Crippen LogP contribution in [0.2, 0.25) is 0 Å². The Morgan fingerprint density at radius 3 is 2.46 bits per heavy atom. The van der Waals surface area contributed by atoms with Gasteiger partial charge in [0, 0.05) is 61.9 Å². The number of hydrogen-bond acceptors (Lipinski definition) is 5. The number of nitrogens with zero attached hydrogens (tertiary/aromatic N) is 2. The normalized spacial score (nSPS) is 25.3. The van der Waals surface area contributed by atoms with Gasteiger partial charge in [-0.2, -0.15) is 13.2 Å². The standard InChI is InChI=1S/C27H38F3N3O3.C3H8/c1-2-11-36-17-25(34)18-5-3-4-6-22(13-18)32-23-8-7-19(14-23)26(35)33-10-9-24-20(16-33)12-21(15-31-24)27(28,29)30;1-3-2/h12,15,18-19,22-23,32H,2-11,13-14,16-17H2,1H3;3H2,1-2H3. The van der Waals surface area contributed by atoms with E-state index in [1.54, 1.807) is 4.90 Å². The summed E-state index contributed by atoms with van der Waals surface area (Å²) in [7, 11) is 0. The predicted molar refractivity (Wildman–Crippen MR) is 145 cm³/mol. The van der Waals surface area contributed by atoms with E-state index in [1.807, 2.05) is 6.92 Å². The van der Waals surface area contributed by atoms with Gasteiger partial charge in [-0.3, -0.25) is 14.6 Å². The minimum Gasteiger partial charge on any atom is -0.374 e. The summed E-state index contributed by atoms with van der Waals surface area (Å²) in [6.45, 7) is 7.77. The third-order valence-electron chi connectivity index (χ3n) is 7.90. The van der Waals surface area contributed by atoms with Crippen molar-refractivity contribution in [2.24, 2.45) is 11.8 Å². The third kappa shape index (κ3) is 9.27. The Morgan fingerprint density at radius 2 is 1.74 bits per heavy atom. The van der Waals surface area contributed by atoms with E-state index in [2.05, 4.69) is 24.1 Å². The Hall–Kier alpha value is -2.00. The molecule has 0 aromatic carbocycles. The molecule has 2 heterocycles. The average Bonchev–Trinajstić information content (AvgIpc) is 3.24. The van der Waals surface area contributed by atoms with Crippen LogP contribution in [0.1, 0.15) is 102 Å². The van der Waals surface area contributed by atoms with E-state index in [0.29, 0.717) is 30.8 Å². The molecule has 1 N–H and O–H groups in total. The highest BCUT2D eigenvalue weighted by molar-refractivity contribution is 5.82. The van der Waals surface area contributed by atoms with E-state index in [0.717, 1.165) is 70.1 Å². The fourth-order valence-corrected chi connectivity index (χ4v) is 5.96. The van der Waals surface area contributed by atoms with Crippen LogP contribution in [-0.2, 0) is 33.5 Å². The Kier molecular flexibility index (Phi) is 12.2. The number of hydrogen-bond donors (Lipinski definition) is 1. The number of carbonyl (C=O) groups excluding carboxylic acids is 2. The van der Waals surface area contributed by atoms with Crippen LogP contribution in [0.3, 0.4) is 0 Å². The van der Waals surface area contributed by atoms with Crippen LogP contribution in [0, 0.1) is 11.8 Å². The molecule has 0 saturated heterocycles. The molecule has 39 heavy (non-hydrogen) atoms. The lowest BCUT2D eigenvalue weighted by molar-refractivity contribution is -0.138. The second kappa shape index (κ2) is 15.1. The second-order valence-corrected chi connectivity index (χ2v) is 11.4. The third-order valence-corrected chi connectivity index (χ3v) is 7.90. The average molecular weight is 554 g/mol. The molecular weight excluding hydrogens is 507 g/mol. The van der Waals surface area contributed by atoms with E-state index in [1.165, 1.54) is 6.42 Å². The van der Waals surface area contributed by atoms with Crippen LogP contribution >= 0.6 is 0 Å². The van der Waals surface area contributed by atoms with Gasteiger partial charge in [-0.05, 0) is 56.6 Å². The molecule has 2 fully saturated rings. The summed E-state index contributed by atoms with van der Waals surface area (Å²) in [6, 6.07) is 1.63. The fourth-order valence-electron chi connectivity index (χ4n) is 5.96. The quantitative estimate of drug-likeness (QED) is 0.311. The van der Waals surface area contributed by atoms with Crippen LogP contribution in [0.15, 0.2) is 12.3 Å². The Morgan fingerprint density at radius 1 is 1.05 bits per heavy atom. The van der Waals surface area contributed by atoms with E-state index in [4.69, 9.17) is 4.74 Å². The van der Waals surface area contributed by atoms with Crippen LogP contribution in [0.4, 0.5) is 13.2 Å². The monoisotopic (exact) mass is 553 g/mol. The predicted octanol–water partition coefficient (Wildman–Crippen LogP) is 6.10. The molecule has 1 aromatic heterocycles. The number of ether oxygens (including phenoxy) is 1. The van der Waals surface area contributed by atoms with Gasteiger partial charge in [-0.15, -0.1) is 0 Å². The zero-order valence-corrected chi connectivity index (χ0v) is 23.8. The van der Waals surface area contributed by atoms with Gasteiger partial charge >= 0.3 is 6.18 Å². The molecule has 3 aliphatic rings. The van der Waals surface area contributed by atoms with Gasteiger partial charge in [-0.25, -0.2) is 0 Å². The summed E-state index contributed by atoms with van der Waals surface area (Å²) in [6.07, 6.45) is 6.39. The second-order valence-electron chi connectivity index (χ2n) is 11.4. The summed E-state index contributed by atoms with van der Waals surface area (Å²) in [5, 5.41) is 3.74. The molecule has 6 nitrogen and oxygen atoms in total. The van der Waals surface area contributed by atoms with Gasteiger partial charge in [0.05, 0.1) is 5.56 Å². The Bertz CT molecular complexity index is 940. The summed E-state index contributed by atoms with van der Waals surface area (Å²) in [5.41, 5.74) is 0.377. The molecule has 1 aliphatic heterocycles. The van der Waals surface area contributed by atoms with Crippen molar-refractivity contribution in [3.8, 4) is 0 Å². The number of ketones is 1. The first kappa shape index (κ1) is 31.5. The van der Waals surface area contributed by atoms with Gasteiger partial charge in [0.2, 0.25) is 5.91 Å². The van der Waals surface area contributed by atoms with E-state index < -0.39 is 11.7 Å².